The second-order valence-electron chi connectivity index (χ2n) is 3.14. The van der Waals surface area contributed by atoms with E-state index in [0.717, 1.165) is 5.56 Å². The van der Waals surface area contributed by atoms with Crippen LogP contribution in [0.1, 0.15) is 12.5 Å². The number of nitrogens with one attached hydrogen (secondary N) is 1. The summed E-state index contributed by atoms with van der Waals surface area (Å²) in [5.41, 5.74) is 6.36. The molecule has 3 N–H and O–H groups in total. The number of carbonyl (C=O) groups excluding carboxylic acids is 1. The van der Waals surface area contributed by atoms with E-state index in [0.29, 0.717) is 11.6 Å². The summed E-state index contributed by atoms with van der Waals surface area (Å²) in [7, 11) is 0. The van der Waals surface area contributed by atoms with Crippen LogP contribution in [0.25, 0.3) is 0 Å². The van der Waals surface area contributed by atoms with Gasteiger partial charge in [-0.1, -0.05) is 23.7 Å². The number of halogens is 2. The predicted molar refractivity (Wildman–Crippen MR) is 64.2 cm³/mol. The highest BCUT2D eigenvalue weighted by atomic mass is 35.5. The van der Waals surface area contributed by atoms with Gasteiger partial charge >= 0.3 is 0 Å². The molecule has 84 valence electrons. The molecular weight excluding hydrogens is 235 g/mol. The number of hydrogen-bond donors (Lipinski definition) is 2. The van der Waals surface area contributed by atoms with Crippen molar-refractivity contribution in [2.75, 3.05) is 0 Å². The van der Waals surface area contributed by atoms with E-state index in [1.807, 2.05) is 18.2 Å². The zero-order chi connectivity index (χ0) is 10.6. The Morgan fingerprint density at radius 1 is 1.60 bits per heavy atom. The third-order valence-electron chi connectivity index (χ3n) is 1.77. The van der Waals surface area contributed by atoms with Crippen molar-refractivity contribution in [1.29, 1.82) is 0 Å². The monoisotopic (exact) mass is 248 g/mol. The van der Waals surface area contributed by atoms with Gasteiger partial charge in [-0.3, -0.25) is 4.79 Å². The van der Waals surface area contributed by atoms with Crippen molar-refractivity contribution >= 4 is 29.9 Å². The highest BCUT2D eigenvalue weighted by Crippen LogP contribution is 2.10. The molecule has 0 aliphatic carbocycles. The molecule has 0 heterocycles. The molecule has 0 saturated heterocycles. The number of hydrogen-bond acceptors (Lipinski definition) is 2. The fourth-order valence-electron chi connectivity index (χ4n) is 0.997. The Balaban J connectivity index is 0.00000196. The smallest absolute Gasteiger partial charge is 0.236 e. The fourth-order valence-corrected chi connectivity index (χ4v) is 1.21. The number of carbonyl (C=O) groups is 1. The average molecular weight is 249 g/mol. The molecule has 0 radical (unpaired) electrons. The zero-order valence-electron chi connectivity index (χ0n) is 8.37. The number of amides is 1. The standard InChI is InChI=1S/C10H13ClN2O.ClH/c1-7(12)10(14)13-6-8-3-2-4-9(11)5-8;/h2-5,7H,6,12H2,1H3,(H,13,14);1H/t7-;/m0./s1. The van der Waals surface area contributed by atoms with Crippen molar-refractivity contribution in [3.63, 3.8) is 0 Å². The van der Waals surface area contributed by atoms with Crippen LogP contribution in [0.3, 0.4) is 0 Å². The Bertz CT molecular complexity index is 329. The van der Waals surface area contributed by atoms with Gasteiger partial charge in [0.25, 0.3) is 0 Å². The summed E-state index contributed by atoms with van der Waals surface area (Å²) < 4.78 is 0. The van der Waals surface area contributed by atoms with Gasteiger partial charge in [-0.2, -0.15) is 0 Å². The molecule has 0 unspecified atom stereocenters. The summed E-state index contributed by atoms with van der Waals surface area (Å²) in [6.07, 6.45) is 0. The zero-order valence-corrected chi connectivity index (χ0v) is 9.94. The van der Waals surface area contributed by atoms with Crippen LogP contribution in [0.5, 0.6) is 0 Å². The Labute approximate surface area is 100 Å². The quantitative estimate of drug-likeness (QED) is 0.857. The molecule has 15 heavy (non-hydrogen) atoms. The number of rotatable bonds is 3. The van der Waals surface area contributed by atoms with E-state index in [-0.39, 0.29) is 18.3 Å². The first-order chi connectivity index (χ1) is 6.59. The second-order valence-corrected chi connectivity index (χ2v) is 3.57. The van der Waals surface area contributed by atoms with Crippen LogP contribution in [0, 0.1) is 0 Å². The lowest BCUT2D eigenvalue weighted by atomic mass is 10.2. The van der Waals surface area contributed by atoms with Crippen molar-refractivity contribution in [3.8, 4) is 0 Å². The normalized spacial score (nSPS) is 11.4. The number of nitrogens with two attached hydrogens (primary N) is 1. The molecule has 1 rings (SSSR count). The first-order valence-corrected chi connectivity index (χ1v) is 4.75. The first kappa shape index (κ1) is 14.2. The molecule has 0 saturated carbocycles. The third-order valence-corrected chi connectivity index (χ3v) is 2.00. The van der Waals surface area contributed by atoms with Crippen LogP contribution in [0.2, 0.25) is 5.02 Å². The lowest BCUT2D eigenvalue weighted by molar-refractivity contribution is -0.122. The summed E-state index contributed by atoms with van der Waals surface area (Å²) in [6.45, 7) is 2.11. The Hall–Kier alpha value is -0.770. The van der Waals surface area contributed by atoms with Crippen LogP contribution in [-0.4, -0.2) is 11.9 Å². The molecule has 0 fully saturated rings. The summed E-state index contributed by atoms with van der Waals surface area (Å²) in [5.74, 6) is -0.162. The van der Waals surface area contributed by atoms with Gasteiger partial charge in [0.15, 0.2) is 0 Å². The van der Waals surface area contributed by atoms with Crippen molar-refractivity contribution in [2.45, 2.75) is 19.5 Å². The molecule has 0 aliphatic rings. The van der Waals surface area contributed by atoms with Gasteiger partial charge in [-0.25, -0.2) is 0 Å². The molecule has 5 heteroatoms. The van der Waals surface area contributed by atoms with Crippen LogP contribution >= 0.6 is 24.0 Å². The molecule has 3 nitrogen and oxygen atoms in total. The number of benzene rings is 1. The van der Waals surface area contributed by atoms with Gasteiger partial charge < -0.3 is 11.1 Å². The van der Waals surface area contributed by atoms with Gasteiger partial charge in [0.1, 0.15) is 0 Å². The van der Waals surface area contributed by atoms with E-state index in [1.165, 1.54) is 0 Å². The van der Waals surface area contributed by atoms with Crippen LogP contribution in [-0.2, 0) is 11.3 Å². The van der Waals surface area contributed by atoms with E-state index in [9.17, 15) is 4.79 Å². The van der Waals surface area contributed by atoms with Gasteiger partial charge in [0, 0.05) is 11.6 Å². The molecule has 1 amide bonds. The predicted octanol–water partition coefficient (Wildman–Crippen LogP) is 1.73. The van der Waals surface area contributed by atoms with Crippen molar-refractivity contribution in [2.24, 2.45) is 5.73 Å². The van der Waals surface area contributed by atoms with Crippen LogP contribution < -0.4 is 11.1 Å². The summed E-state index contributed by atoms with van der Waals surface area (Å²) in [6, 6.07) is 6.86. The Kier molecular flexibility index (Phi) is 6.32. The molecule has 0 aliphatic heterocycles. The molecular formula is C10H14Cl2N2O. The third kappa shape index (κ3) is 5.02. The Morgan fingerprint density at radius 3 is 2.80 bits per heavy atom. The van der Waals surface area contributed by atoms with E-state index < -0.39 is 6.04 Å². The van der Waals surface area contributed by atoms with Gasteiger partial charge in [0.05, 0.1) is 6.04 Å². The minimum absolute atomic E-state index is 0. The highest BCUT2D eigenvalue weighted by Gasteiger charge is 2.05. The van der Waals surface area contributed by atoms with Crippen LogP contribution in [0.4, 0.5) is 0 Å². The SMILES string of the molecule is C[C@H](N)C(=O)NCc1cccc(Cl)c1.Cl. The highest BCUT2D eigenvalue weighted by molar-refractivity contribution is 6.30. The maximum atomic E-state index is 11.1. The molecule has 1 atom stereocenters. The molecule has 0 spiro atoms. The molecule has 1 aromatic carbocycles. The van der Waals surface area contributed by atoms with Crippen molar-refractivity contribution < 1.29 is 4.79 Å². The summed E-state index contributed by atoms with van der Waals surface area (Å²) in [4.78, 5) is 11.1. The van der Waals surface area contributed by atoms with Gasteiger partial charge in [-0.05, 0) is 24.6 Å². The molecule has 0 bridgehead atoms. The van der Waals surface area contributed by atoms with E-state index in [1.54, 1.807) is 13.0 Å². The lowest BCUT2D eigenvalue weighted by Crippen LogP contribution is -2.37. The second kappa shape index (κ2) is 6.67. The molecule has 0 aromatic heterocycles. The summed E-state index contributed by atoms with van der Waals surface area (Å²) >= 11 is 5.79. The minimum atomic E-state index is -0.478. The van der Waals surface area contributed by atoms with E-state index >= 15 is 0 Å². The maximum Gasteiger partial charge on any atom is 0.236 e. The van der Waals surface area contributed by atoms with Gasteiger partial charge in [0.2, 0.25) is 5.91 Å². The maximum absolute atomic E-state index is 11.1. The first-order valence-electron chi connectivity index (χ1n) is 4.37. The minimum Gasteiger partial charge on any atom is -0.351 e. The fraction of sp³-hybridized carbons (Fsp3) is 0.300. The van der Waals surface area contributed by atoms with E-state index in [4.69, 9.17) is 17.3 Å². The average Bonchev–Trinajstić information content (AvgIpc) is 2.14. The van der Waals surface area contributed by atoms with E-state index in [2.05, 4.69) is 5.32 Å². The topological polar surface area (TPSA) is 55.1 Å². The van der Waals surface area contributed by atoms with Crippen molar-refractivity contribution in [1.82, 2.24) is 5.32 Å². The molecule has 1 aromatic rings. The van der Waals surface area contributed by atoms with Gasteiger partial charge in [-0.15, -0.1) is 12.4 Å². The lowest BCUT2D eigenvalue weighted by Gasteiger charge is -2.07. The largest absolute Gasteiger partial charge is 0.351 e. The van der Waals surface area contributed by atoms with Crippen molar-refractivity contribution in [3.05, 3.63) is 34.9 Å². The summed E-state index contributed by atoms with van der Waals surface area (Å²) in [5, 5.41) is 3.37. The Morgan fingerprint density at radius 2 is 2.27 bits per heavy atom. The van der Waals surface area contributed by atoms with Crippen LogP contribution in [0.15, 0.2) is 24.3 Å².